The molecule has 0 aliphatic rings. The first kappa shape index (κ1) is 29.9. The second-order valence-corrected chi connectivity index (χ2v) is 10.9. The van der Waals surface area contributed by atoms with Gasteiger partial charge in [-0.25, -0.2) is 14.8 Å². The van der Waals surface area contributed by atoms with Gasteiger partial charge in [-0.05, 0) is 71.8 Å². The van der Waals surface area contributed by atoms with Crippen molar-refractivity contribution in [2.75, 3.05) is 0 Å². The Balaban J connectivity index is 1.13. The quantitative estimate of drug-likeness (QED) is 0.112. The van der Waals surface area contributed by atoms with E-state index in [4.69, 9.17) is 42.6 Å². The number of aliphatic carboxylic acids is 1. The third kappa shape index (κ3) is 7.67. The highest BCUT2D eigenvalue weighted by Gasteiger charge is 2.17. The first-order valence-corrected chi connectivity index (χ1v) is 14.6. The molecule has 4 aromatic carbocycles. The maximum absolute atomic E-state index is 11.0. The molecule has 0 spiro atoms. The maximum atomic E-state index is 11.0. The van der Waals surface area contributed by atoms with E-state index >= 15 is 0 Å². The number of carboxylic acids is 1. The van der Waals surface area contributed by atoms with E-state index in [-0.39, 0.29) is 13.2 Å². The fourth-order valence-electron chi connectivity index (χ4n) is 4.67. The Labute approximate surface area is 268 Å². The van der Waals surface area contributed by atoms with Crippen LogP contribution in [0.2, 0.25) is 10.0 Å². The highest BCUT2D eigenvalue weighted by atomic mass is 35.5. The molecular weight excluding hydrogens is 613 g/mol. The Bertz CT molecular complexity index is 1870. The predicted octanol–water partition coefficient (Wildman–Crippen LogP) is 8.42. The fourth-order valence-corrected chi connectivity index (χ4v) is 5.00. The number of carboxylic acid groups (broad SMARTS) is 1. The van der Waals surface area contributed by atoms with Crippen LogP contribution in [0.15, 0.2) is 114 Å². The summed E-state index contributed by atoms with van der Waals surface area (Å²) in [6, 6.07) is 33.5. The van der Waals surface area contributed by atoms with E-state index in [1.54, 1.807) is 0 Å². The average molecular weight is 639 g/mol. The summed E-state index contributed by atoms with van der Waals surface area (Å²) in [7, 11) is 0. The van der Waals surface area contributed by atoms with Crippen molar-refractivity contribution in [3.63, 3.8) is 0 Å². The molecule has 0 saturated heterocycles. The van der Waals surface area contributed by atoms with Gasteiger partial charge in [-0.1, -0.05) is 76.9 Å². The number of aromatic nitrogens is 2. The van der Waals surface area contributed by atoms with Crippen LogP contribution in [-0.4, -0.2) is 27.3 Å². The number of halogens is 2. The van der Waals surface area contributed by atoms with E-state index in [9.17, 15) is 4.79 Å². The summed E-state index contributed by atoms with van der Waals surface area (Å²) in [6.07, 6.45) is 0.0256. The summed E-state index contributed by atoms with van der Waals surface area (Å²) in [5.41, 5.74) is 4.62. The smallest absolute Gasteiger partial charge is 0.350 e. The Morgan fingerprint density at radius 3 is 1.58 bits per heavy atom. The molecule has 45 heavy (non-hydrogen) atoms. The van der Waals surface area contributed by atoms with Gasteiger partial charge in [-0.2, -0.15) is 0 Å². The standard InChI is InChI=1S/C35H25Cl2N3O5/c36-26-9-1-22-3-11-28(39-32(22)17-26)20-43-30-13-5-24(6-14-30)35(45-38-19-34(41)42)25-7-15-31(16-8-25)44-21-29-12-4-23-2-10-27(37)18-33(23)40-29/h1-19,35H,20-21H2,(H,41,42). The zero-order valence-electron chi connectivity index (χ0n) is 23.6. The number of hydrogen-bond acceptors (Lipinski definition) is 7. The molecule has 8 nitrogen and oxygen atoms in total. The molecule has 0 amide bonds. The molecule has 224 valence electrons. The van der Waals surface area contributed by atoms with Gasteiger partial charge in [0.25, 0.3) is 0 Å². The van der Waals surface area contributed by atoms with Crippen molar-refractivity contribution in [2.24, 2.45) is 5.16 Å². The molecular formula is C35H25Cl2N3O5. The Kier molecular flexibility index (Phi) is 9.05. The lowest BCUT2D eigenvalue weighted by Gasteiger charge is -2.17. The number of benzene rings is 4. The number of oxime groups is 1. The number of fused-ring (bicyclic) bond motifs is 2. The highest BCUT2D eigenvalue weighted by molar-refractivity contribution is 6.31. The van der Waals surface area contributed by atoms with E-state index in [0.29, 0.717) is 27.8 Å². The molecule has 2 aromatic heterocycles. The van der Waals surface area contributed by atoms with Gasteiger partial charge in [0.05, 0.1) is 22.4 Å². The highest BCUT2D eigenvalue weighted by Crippen LogP contribution is 2.30. The summed E-state index contributed by atoms with van der Waals surface area (Å²) in [4.78, 5) is 25.9. The molecule has 6 aromatic rings. The third-order valence-electron chi connectivity index (χ3n) is 6.89. The molecule has 6 rings (SSSR count). The van der Waals surface area contributed by atoms with E-state index in [1.807, 2.05) is 109 Å². The molecule has 2 heterocycles. The Morgan fingerprint density at radius 1 is 0.689 bits per heavy atom. The zero-order chi connectivity index (χ0) is 31.2. The summed E-state index contributed by atoms with van der Waals surface area (Å²) in [5, 5.41) is 15.9. The topological polar surface area (TPSA) is 103 Å². The van der Waals surface area contributed by atoms with Crippen LogP contribution in [0.3, 0.4) is 0 Å². The second-order valence-electron chi connectivity index (χ2n) is 10.1. The van der Waals surface area contributed by atoms with Crippen molar-refractivity contribution in [3.8, 4) is 11.5 Å². The monoisotopic (exact) mass is 637 g/mol. The summed E-state index contributed by atoms with van der Waals surface area (Å²) in [5.74, 6) is 0.0519. The third-order valence-corrected chi connectivity index (χ3v) is 7.36. The lowest BCUT2D eigenvalue weighted by molar-refractivity contribution is -0.129. The predicted molar refractivity (Wildman–Crippen MR) is 174 cm³/mol. The summed E-state index contributed by atoms with van der Waals surface area (Å²) < 4.78 is 11.9. The molecule has 1 N–H and O–H groups in total. The number of pyridine rings is 2. The van der Waals surface area contributed by atoms with Gasteiger partial charge in [0.15, 0.2) is 12.3 Å². The molecule has 0 unspecified atom stereocenters. The minimum atomic E-state index is -1.21. The van der Waals surface area contributed by atoms with Gasteiger partial charge in [0.2, 0.25) is 0 Å². The van der Waals surface area contributed by atoms with Crippen LogP contribution in [0.4, 0.5) is 0 Å². The van der Waals surface area contributed by atoms with Gasteiger partial charge >= 0.3 is 5.97 Å². The average Bonchev–Trinajstić information content (AvgIpc) is 3.05. The molecule has 0 bridgehead atoms. The number of hydrogen-bond donors (Lipinski definition) is 1. The van der Waals surface area contributed by atoms with Crippen LogP contribution in [-0.2, 0) is 22.8 Å². The van der Waals surface area contributed by atoms with Gasteiger partial charge in [0, 0.05) is 20.8 Å². The normalized spacial score (nSPS) is 11.4. The minimum Gasteiger partial charge on any atom is -0.487 e. The van der Waals surface area contributed by atoms with Crippen molar-refractivity contribution in [3.05, 3.63) is 142 Å². The van der Waals surface area contributed by atoms with E-state index in [1.165, 1.54) is 0 Å². The van der Waals surface area contributed by atoms with E-state index < -0.39 is 12.1 Å². The van der Waals surface area contributed by atoms with Gasteiger partial charge in [-0.3, -0.25) is 0 Å². The molecule has 0 aliphatic heterocycles. The first-order chi connectivity index (χ1) is 21.9. The Hall–Kier alpha value is -5.18. The molecule has 0 fully saturated rings. The Morgan fingerprint density at radius 2 is 1.13 bits per heavy atom. The van der Waals surface area contributed by atoms with Crippen LogP contribution < -0.4 is 9.47 Å². The van der Waals surface area contributed by atoms with Crippen molar-refractivity contribution in [2.45, 2.75) is 19.3 Å². The van der Waals surface area contributed by atoms with Gasteiger partial charge in [0.1, 0.15) is 24.7 Å². The molecule has 0 atom stereocenters. The lowest BCUT2D eigenvalue weighted by atomic mass is 10.0. The molecule has 0 aliphatic carbocycles. The first-order valence-electron chi connectivity index (χ1n) is 13.9. The van der Waals surface area contributed by atoms with E-state index in [2.05, 4.69) is 15.1 Å². The van der Waals surface area contributed by atoms with Gasteiger partial charge in [-0.15, -0.1) is 0 Å². The van der Waals surface area contributed by atoms with E-state index in [0.717, 1.165) is 44.3 Å². The molecule has 0 radical (unpaired) electrons. The summed E-state index contributed by atoms with van der Waals surface area (Å²) >= 11 is 12.2. The van der Waals surface area contributed by atoms with Crippen LogP contribution >= 0.6 is 23.2 Å². The SMILES string of the molecule is O=C(O)C=NOC(c1ccc(OCc2ccc3ccc(Cl)cc3n2)cc1)c1ccc(OCc2ccc3ccc(Cl)cc3n2)cc1. The van der Waals surface area contributed by atoms with Crippen molar-refractivity contribution in [1.82, 2.24) is 9.97 Å². The molecule has 0 saturated carbocycles. The van der Waals surface area contributed by atoms with Crippen LogP contribution in [0, 0.1) is 0 Å². The maximum Gasteiger partial charge on any atom is 0.350 e. The number of rotatable bonds is 11. The zero-order valence-corrected chi connectivity index (χ0v) is 25.2. The van der Waals surface area contributed by atoms with Crippen LogP contribution in [0.5, 0.6) is 11.5 Å². The lowest BCUT2D eigenvalue weighted by Crippen LogP contribution is -2.05. The van der Waals surface area contributed by atoms with Crippen molar-refractivity contribution in [1.29, 1.82) is 0 Å². The van der Waals surface area contributed by atoms with Crippen LogP contribution in [0.25, 0.3) is 21.8 Å². The number of ether oxygens (including phenoxy) is 2. The minimum absolute atomic E-state index is 0.272. The molecule has 10 heteroatoms. The number of nitrogens with zero attached hydrogens (tertiary/aromatic N) is 3. The van der Waals surface area contributed by atoms with Crippen LogP contribution in [0.1, 0.15) is 28.6 Å². The van der Waals surface area contributed by atoms with Crippen molar-refractivity contribution < 1.29 is 24.2 Å². The van der Waals surface area contributed by atoms with Crippen molar-refractivity contribution >= 4 is 57.2 Å². The largest absolute Gasteiger partial charge is 0.487 e. The van der Waals surface area contributed by atoms with Gasteiger partial charge < -0.3 is 19.4 Å². The fraction of sp³-hybridized carbons (Fsp3) is 0.0857. The summed E-state index contributed by atoms with van der Waals surface area (Å²) in [6.45, 7) is 0.545. The second kappa shape index (κ2) is 13.6. The number of carbonyl (C=O) groups is 1.